The van der Waals surface area contributed by atoms with E-state index in [0.29, 0.717) is 5.75 Å². The zero-order valence-electron chi connectivity index (χ0n) is 18.4. The Balaban J connectivity index is 1.92. The summed E-state index contributed by atoms with van der Waals surface area (Å²) >= 11 is 0. The number of hydrogen-bond acceptors (Lipinski definition) is 7. The third-order valence-electron chi connectivity index (χ3n) is 4.74. The highest BCUT2D eigenvalue weighted by atomic mass is 17.5. The van der Waals surface area contributed by atoms with Crippen molar-refractivity contribution in [3.8, 4) is 5.75 Å². The molecule has 0 aromatic heterocycles. The van der Waals surface area contributed by atoms with Crippen molar-refractivity contribution in [2.24, 2.45) is 0 Å². The molecule has 0 amide bonds. The number of carbonyl (C=O) groups is 2. The van der Waals surface area contributed by atoms with Crippen LogP contribution in [-0.4, -0.2) is 25.8 Å². The van der Waals surface area contributed by atoms with E-state index in [2.05, 4.69) is 21.7 Å². The molecule has 0 heterocycles. The number of carbonyl (C=O) groups excluding carboxylic acids is 2. The van der Waals surface area contributed by atoms with Gasteiger partial charge in [0, 0.05) is 0 Å². The van der Waals surface area contributed by atoms with Gasteiger partial charge in [-0.05, 0) is 24.6 Å². The highest BCUT2D eigenvalue weighted by Gasteiger charge is 2.12. The van der Waals surface area contributed by atoms with Crippen LogP contribution in [0.2, 0.25) is 0 Å². The topological polar surface area (TPSA) is 80.3 Å². The van der Waals surface area contributed by atoms with E-state index in [9.17, 15) is 9.59 Å². The van der Waals surface area contributed by atoms with Gasteiger partial charge in [-0.25, -0.2) is 14.5 Å². The molecular weight excluding hydrogens is 388 g/mol. The molecule has 1 aromatic carbocycles. The Hall–Kier alpha value is -2.28. The number of unbranched alkanes of at least 4 members (excludes halogenated alkanes) is 11. The summed E-state index contributed by atoms with van der Waals surface area (Å²) in [5.74, 6) is -0.324. The lowest BCUT2D eigenvalue weighted by Crippen LogP contribution is -2.12. The zero-order valence-corrected chi connectivity index (χ0v) is 18.4. The van der Waals surface area contributed by atoms with Gasteiger partial charge in [-0.15, -0.1) is 0 Å². The zero-order chi connectivity index (χ0) is 21.9. The van der Waals surface area contributed by atoms with Crippen LogP contribution < -0.4 is 4.74 Å². The van der Waals surface area contributed by atoms with Crippen LogP contribution in [0.5, 0.6) is 5.75 Å². The molecule has 0 aliphatic heterocycles. The quantitative estimate of drug-likeness (QED) is 0.121. The number of hydrogen-bond donors (Lipinski definition) is 0. The Morgan fingerprint density at radius 3 is 2.00 bits per heavy atom. The molecule has 7 heteroatoms. The van der Waals surface area contributed by atoms with Gasteiger partial charge in [0.2, 0.25) is 0 Å². The van der Waals surface area contributed by atoms with Crippen LogP contribution in [0.3, 0.4) is 0 Å². The molecule has 170 valence electrons. The molecule has 0 spiro atoms. The number of rotatable bonds is 17. The Morgan fingerprint density at radius 2 is 1.40 bits per heavy atom. The smallest absolute Gasteiger partial charge is 0.497 e. The van der Waals surface area contributed by atoms with E-state index >= 15 is 0 Å². The fraction of sp³-hybridized carbons (Fsp3) is 0.652. The maximum absolute atomic E-state index is 11.7. The second-order valence-electron chi connectivity index (χ2n) is 7.24. The molecule has 7 nitrogen and oxygen atoms in total. The Bertz CT molecular complexity index is 589. The average Bonchev–Trinajstić information content (AvgIpc) is 2.76. The van der Waals surface area contributed by atoms with Gasteiger partial charge in [0.1, 0.15) is 5.75 Å². The second-order valence-corrected chi connectivity index (χ2v) is 7.24. The minimum Gasteiger partial charge on any atom is -0.497 e. The van der Waals surface area contributed by atoms with Crippen LogP contribution in [0.15, 0.2) is 24.3 Å². The van der Waals surface area contributed by atoms with E-state index < -0.39 is 12.1 Å². The minimum absolute atomic E-state index is 0.197. The average molecular weight is 425 g/mol. The van der Waals surface area contributed by atoms with Crippen LogP contribution in [0.25, 0.3) is 0 Å². The summed E-state index contributed by atoms with van der Waals surface area (Å²) in [5.41, 5.74) is 0.197. The van der Waals surface area contributed by atoms with Crippen molar-refractivity contribution in [1.29, 1.82) is 0 Å². The third kappa shape index (κ3) is 13.0. The third-order valence-corrected chi connectivity index (χ3v) is 4.74. The van der Waals surface area contributed by atoms with Crippen LogP contribution in [0, 0.1) is 0 Å². The molecule has 0 saturated heterocycles. The van der Waals surface area contributed by atoms with Gasteiger partial charge in [-0.2, -0.15) is 0 Å². The number of methoxy groups -OCH3 is 1. The molecule has 0 radical (unpaired) electrons. The van der Waals surface area contributed by atoms with Crippen LogP contribution >= 0.6 is 0 Å². The standard InChI is InChI=1S/C23H36O7/c1-3-4-5-6-7-8-9-10-11-12-13-14-18-27-23(25)29-30-28-22(24)20-16-15-17-21(19-20)26-2/h15-17,19H,3-14,18H2,1-2H3. The summed E-state index contributed by atoms with van der Waals surface area (Å²) in [5, 5.41) is 4.18. The van der Waals surface area contributed by atoms with Crippen molar-refractivity contribution in [2.45, 2.75) is 84.0 Å². The summed E-state index contributed by atoms with van der Waals surface area (Å²) in [4.78, 5) is 31.8. The van der Waals surface area contributed by atoms with Gasteiger partial charge in [0.05, 0.1) is 24.3 Å². The first kappa shape index (κ1) is 25.8. The molecule has 1 aromatic rings. The van der Waals surface area contributed by atoms with E-state index in [4.69, 9.17) is 9.47 Å². The van der Waals surface area contributed by atoms with Crippen LogP contribution in [0.1, 0.15) is 94.3 Å². The highest BCUT2D eigenvalue weighted by molar-refractivity contribution is 5.89. The normalized spacial score (nSPS) is 10.5. The molecule has 0 aliphatic rings. The summed E-state index contributed by atoms with van der Waals surface area (Å²) in [7, 11) is 1.48. The fourth-order valence-electron chi connectivity index (χ4n) is 3.00. The van der Waals surface area contributed by atoms with Gasteiger partial charge < -0.3 is 9.47 Å². The van der Waals surface area contributed by atoms with Gasteiger partial charge in [0.15, 0.2) is 0 Å². The maximum Gasteiger partial charge on any atom is 0.543 e. The Labute approximate surface area is 179 Å². The van der Waals surface area contributed by atoms with Gasteiger partial charge >= 0.3 is 12.1 Å². The monoisotopic (exact) mass is 424 g/mol. The molecular formula is C23H36O7. The molecule has 0 saturated carbocycles. The van der Waals surface area contributed by atoms with Crippen molar-refractivity contribution in [1.82, 2.24) is 0 Å². The summed E-state index contributed by atoms with van der Waals surface area (Å²) in [6.07, 6.45) is 13.7. The molecule has 0 aliphatic carbocycles. The van der Waals surface area contributed by atoms with E-state index in [1.165, 1.54) is 77.0 Å². The highest BCUT2D eigenvalue weighted by Crippen LogP contribution is 2.14. The maximum atomic E-state index is 11.7. The van der Waals surface area contributed by atoms with Gasteiger partial charge in [0.25, 0.3) is 0 Å². The summed E-state index contributed by atoms with van der Waals surface area (Å²) in [6.45, 7) is 2.48. The first-order valence-electron chi connectivity index (χ1n) is 11.0. The molecule has 0 fully saturated rings. The molecule has 0 N–H and O–H groups in total. The molecule has 0 atom stereocenters. The first-order valence-corrected chi connectivity index (χ1v) is 11.0. The van der Waals surface area contributed by atoms with Gasteiger partial charge in [-0.3, -0.25) is 4.89 Å². The van der Waals surface area contributed by atoms with E-state index in [1.807, 2.05) is 0 Å². The van der Waals surface area contributed by atoms with E-state index in [0.717, 1.165) is 19.3 Å². The predicted molar refractivity (Wildman–Crippen MR) is 113 cm³/mol. The van der Waals surface area contributed by atoms with Crippen molar-refractivity contribution < 1.29 is 33.9 Å². The number of ether oxygens (including phenoxy) is 2. The van der Waals surface area contributed by atoms with Crippen molar-refractivity contribution in [2.75, 3.05) is 13.7 Å². The van der Waals surface area contributed by atoms with Crippen molar-refractivity contribution in [3.05, 3.63) is 29.8 Å². The summed E-state index contributed by atoms with van der Waals surface area (Å²) in [6, 6.07) is 6.29. The van der Waals surface area contributed by atoms with E-state index in [-0.39, 0.29) is 12.2 Å². The second kappa shape index (κ2) is 17.6. The fourth-order valence-corrected chi connectivity index (χ4v) is 3.00. The first-order chi connectivity index (χ1) is 14.7. The lowest BCUT2D eigenvalue weighted by atomic mass is 10.1. The van der Waals surface area contributed by atoms with Crippen molar-refractivity contribution in [3.63, 3.8) is 0 Å². The number of benzene rings is 1. The van der Waals surface area contributed by atoms with Crippen molar-refractivity contribution >= 4 is 12.1 Å². The minimum atomic E-state index is -1.04. The molecule has 1 rings (SSSR count). The predicted octanol–water partition coefficient (Wildman–Crippen LogP) is 6.55. The Kier molecular flexibility index (Phi) is 15.1. The largest absolute Gasteiger partial charge is 0.543 e. The summed E-state index contributed by atoms with van der Waals surface area (Å²) < 4.78 is 9.87. The Morgan fingerprint density at radius 1 is 0.800 bits per heavy atom. The SMILES string of the molecule is CCCCCCCCCCCCCCOC(=O)OOOC(=O)c1cccc(OC)c1. The van der Waals surface area contributed by atoms with Gasteiger partial charge in [-0.1, -0.05) is 83.6 Å². The molecule has 30 heavy (non-hydrogen) atoms. The van der Waals surface area contributed by atoms with Crippen LogP contribution in [-0.2, 0) is 19.6 Å². The van der Waals surface area contributed by atoms with Crippen LogP contribution in [0.4, 0.5) is 4.79 Å². The molecule has 0 unspecified atom stereocenters. The lowest BCUT2D eigenvalue weighted by Gasteiger charge is -2.05. The molecule has 0 bridgehead atoms. The van der Waals surface area contributed by atoms with E-state index in [1.54, 1.807) is 12.1 Å². The lowest BCUT2D eigenvalue weighted by molar-refractivity contribution is -0.452.